The molecule has 14 rings (SSSR count). The third-order valence-corrected chi connectivity index (χ3v) is 19.2. The van der Waals surface area contributed by atoms with Crippen molar-refractivity contribution < 1.29 is 23.5 Å². The van der Waals surface area contributed by atoms with Crippen LogP contribution in [0.5, 0.6) is 0 Å². The number of allylic oxidation sites excluding steroid dienone is 2. The molecule has 114 heavy (non-hydrogen) atoms. The first kappa shape index (κ1) is 86.8. The van der Waals surface area contributed by atoms with Gasteiger partial charge in [0.1, 0.15) is 65.8 Å². The predicted octanol–water partition coefficient (Wildman–Crippen LogP) is 21.0. The number of hydrogen-bond donors (Lipinski definition) is 5. The minimum atomic E-state index is -0.328. The standard InChI is InChI=1S/C19H19ClN4O.C18H18ClFN4O.C17H25ClN4.C16H23ClN4.C14H17ClN4O2/c20-16-11-10-15-18(22-16)24(14-7-4-8-14)19(21-15)23-17(25)12-9-13-5-2-1-3-6-13;1-11(2)10-24-17-14(7-8-15(19)22-17)21-18(24)23-16(25)9-12-3-5-13(20)6-4-12;1-11(2)10-22-15-13(7-8-14(18)21-15)20-16(22)19-12(3)9-17(4,5)6;1-10(2)8-12(5)18-16-19-13-6-7-14(17)20-15(13)21(16)9-11(3)4;1-2-21-8-12(20)18-14-16-10-6-7-11(15)17-13(10)19(14)9-4-3-5-9/h1-3,5-6,10-11,14H,4,7-9,12H2,(H,21,23,25);3-8,11H,9-10H2,1-2H3,(H,21,23,25);7-8,11H,3,9-10H2,1-2,4-6H3,(H,19,20);6-7,10-11H,5,8-9H2,1-4H3,(H,18,19);6-7,9H,2-5,8H2,1H3,(H,16,18,20). The SMILES string of the molecule is C=C(CC(C)(C)C)Nc1nc2ccc(Cl)nc2n1CC(C)C.C=C(CC(C)C)Nc1nc2ccc(Cl)nc2n1CC(C)C.CC(C)Cn1c(NC(=O)Cc2ccc(F)cc2)nc2ccc(Cl)nc21.CCOCC(=O)Nc1nc2ccc(Cl)nc2n1C1CCC1.O=C(CCc1ccccc1)Nc1nc2ccc(Cl)nc2n1C1CCC1. The normalized spacial score (nSPS) is 12.9. The van der Waals surface area contributed by atoms with E-state index in [9.17, 15) is 18.8 Å². The lowest BCUT2D eigenvalue weighted by molar-refractivity contribution is -0.120. The Labute approximate surface area is 689 Å². The van der Waals surface area contributed by atoms with Gasteiger partial charge in [0.2, 0.25) is 41.6 Å². The summed E-state index contributed by atoms with van der Waals surface area (Å²) in [6.07, 6.45) is 9.71. The van der Waals surface area contributed by atoms with Gasteiger partial charge < -0.3 is 15.4 Å². The first-order chi connectivity index (χ1) is 54.3. The molecule has 0 saturated heterocycles. The molecular weight excluding hydrogens is 1550 g/mol. The molecule has 2 fully saturated rings. The summed E-state index contributed by atoms with van der Waals surface area (Å²) in [5, 5.41) is 17.5. The van der Waals surface area contributed by atoms with Crippen molar-refractivity contribution in [2.75, 3.05) is 39.8 Å². The highest BCUT2D eigenvalue weighted by Crippen LogP contribution is 2.39. The summed E-state index contributed by atoms with van der Waals surface area (Å²) in [7, 11) is 0. The zero-order chi connectivity index (χ0) is 82.1. The van der Waals surface area contributed by atoms with Gasteiger partial charge in [0, 0.05) is 56.1 Å². The Morgan fingerprint density at radius 1 is 0.456 bits per heavy atom. The van der Waals surface area contributed by atoms with E-state index >= 15 is 0 Å². The van der Waals surface area contributed by atoms with Gasteiger partial charge in [-0.25, -0.2) is 54.2 Å². The number of aryl methyl sites for hydroxylation is 1. The fourth-order valence-electron chi connectivity index (χ4n) is 12.8. The molecule has 0 spiro atoms. The summed E-state index contributed by atoms with van der Waals surface area (Å²) < 4.78 is 28.1. The van der Waals surface area contributed by atoms with Crippen molar-refractivity contribution in [2.24, 2.45) is 29.1 Å². The van der Waals surface area contributed by atoms with Crippen LogP contribution in [-0.2, 0) is 51.6 Å². The lowest BCUT2D eigenvalue weighted by atomic mass is 9.91. The predicted molar refractivity (Wildman–Crippen MR) is 459 cm³/mol. The van der Waals surface area contributed by atoms with Crippen LogP contribution in [0.3, 0.4) is 0 Å². The van der Waals surface area contributed by atoms with Crippen LogP contribution in [0.25, 0.3) is 55.8 Å². The number of benzene rings is 2. The molecule has 0 bridgehead atoms. The van der Waals surface area contributed by atoms with E-state index in [0.717, 1.165) is 131 Å². The van der Waals surface area contributed by atoms with Crippen molar-refractivity contribution in [1.29, 1.82) is 0 Å². The number of nitrogens with one attached hydrogen (secondary N) is 5. The Bertz CT molecular complexity index is 5310. The number of fused-ring (bicyclic) bond motifs is 5. The number of halogens is 6. The van der Waals surface area contributed by atoms with Crippen molar-refractivity contribution in [1.82, 2.24) is 72.7 Å². The van der Waals surface area contributed by atoms with Crippen LogP contribution in [0.1, 0.15) is 164 Å². The molecule has 2 aliphatic rings. The maximum Gasteiger partial charge on any atom is 0.252 e. The number of carbonyl (C=O) groups is 3. The second-order valence-corrected chi connectivity index (χ2v) is 33.3. The summed E-state index contributed by atoms with van der Waals surface area (Å²) in [6, 6.07) is 34.4. The fraction of sp³-hybridized carbons (Fsp3) is 0.417. The number of hydrogen-bond acceptors (Lipinski definition) is 16. The molecule has 2 aliphatic carbocycles. The Hall–Kier alpha value is -9.63. The minimum Gasteiger partial charge on any atom is -0.372 e. The van der Waals surface area contributed by atoms with Crippen LogP contribution in [0.4, 0.5) is 34.1 Å². The third-order valence-electron chi connectivity index (χ3n) is 18.1. The number of carbonyl (C=O) groups excluding carboxylic acids is 3. The fourth-order valence-corrected chi connectivity index (χ4v) is 13.6. The van der Waals surface area contributed by atoms with Gasteiger partial charge >= 0.3 is 0 Å². The molecule has 0 atom stereocenters. The summed E-state index contributed by atoms with van der Waals surface area (Å²) in [6.45, 7) is 36.7. The maximum absolute atomic E-state index is 13.0. The lowest BCUT2D eigenvalue weighted by Gasteiger charge is -2.28. The van der Waals surface area contributed by atoms with E-state index in [1.165, 1.54) is 25.0 Å². The minimum absolute atomic E-state index is 0.0263. The Morgan fingerprint density at radius 2 is 0.825 bits per heavy atom. The topological polar surface area (TPSA) is 274 Å². The molecule has 10 aromatic heterocycles. The van der Waals surface area contributed by atoms with E-state index in [0.29, 0.717) is 117 Å². The molecule has 24 nitrogen and oxygen atoms in total. The number of ether oxygens (including phenoxy) is 1. The second-order valence-electron chi connectivity index (χ2n) is 31.3. The van der Waals surface area contributed by atoms with E-state index in [1.807, 2.05) is 75.2 Å². The first-order valence-electron chi connectivity index (χ1n) is 38.7. The molecule has 604 valence electrons. The van der Waals surface area contributed by atoms with Crippen LogP contribution in [0.15, 0.2) is 140 Å². The molecule has 12 aromatic rings. The van der Waals surface area contributed by atoms with Gasteiger partial charge in [0.25, 0.3) is 5.91 Å². The quantitative estimate of drug-likeness (QED) is 0.0315. The lowest BCUT2D eigenvalue weighted by Crippen LogP contribution is -2.24. The van der Waals surface area contributed by atoms with Gasteiger partial charge in [0.05, 0.1) is 6.42 Å². The summed E-state index contributed by atoms with van der Waals surface area (Å²) in [5.41, 5.74) is 11.6. The largest absolute Gasteiger partial charge is 0.372 e. The van der Waals surface area contributed by atoms with Gasteiger partial charge in [-0.15, -0.1) is 0 Å². The molecule has 10 heterocycles. The van der Waals surface area contributed by atoms with E-state index < -0.39 is 0 Å². The van der Waals surface area contributed by atoms with Gasteiger partial charge in [-0.05, 0) is 178 Å². The van der Waals surface area contributed by atoms with E-state index in [-0.39, 0.29) is 42.0 Å². The van der Waals surface area contributed by atoms with E-state index in [1.54, 1.807) is 48.5 Å². The molecular formula is C84H102Cl5FN20O4. The molecule has 2 aromatic carbocycles. The van der Waals surface area contributed by atoms with Crippen LogP contribution < -0.4 is 26.6 Å². The zero-order valence-electron chi connectivity index (χ0n) is 66.8. The number of imidazole rings is 5. The highest BCUT2D eigenvalue weighted by Gasteiger charge is 2.29. The number of rotatable bonds is 26. The molecule has 0 radical (unpaired) electrons. The Balaban J connectivity index is 0.000000151. The van der Waals surface area contributed by atoms with Gasteiger partial charge in [-0.2, -0.15) is 0 Å². The highest BCUT2D eigenvalue weighted by molar-refractivity contribution is 6.31. The van der Waals surface area contributed by atoms with Crippen LogP contribution in [-0.4, -0.2) is 104 Å². The van der Waals surface area contributed by atoms with Crippen LogP contribution in [0.2, 0.25) is 25.8 Å². The number of amides is 3. The number of pyridine rings is 5. The average molecular weight is 1650 g/mol. The molecule has 30 heteroatoms. The Kier molecular flexibility index (Phi) is 30.5. The van der Waals surface area contributed by atoms with Crippen molar-refractivity contribution in [3.63, 3.8) is 0 Å². The summed E-state index contributed by atoms with van der Waals surface area (Å²) >= 11 is 30.1. The second kappa shape index (κ2) is 40.1. The van der Waals surface area contributed by atoms with E-state index in [2.05, 4.69) is 175 Å². The van der Waals surface area contributed by atoms with Crippen molar-refractivity contribution in [3.05, 3.63) is 183 Å². The van der Waals surface area contributed by atoms with Gasteiger partial charge in [-0.3, -0.25) is 53.2 Å². The molecule has 0 aliphatic heterocycles. The van der Waals surface area contributed by atoms with E-state index in [4.69, 9.17) is 62.7 Å². The Morgan fingerprint density at radius 3 is 1.20 bits per heavy atom. The molecule has 2 saturated carbocycles. The highest BCUT2D eigenvalue weighted by atomic mass is 35.5. The molecule has 0 unspecified atom stereocenters. The van der Waals surface area contributed by atoms with Crippen molar-refractivity contribution >= 4 is 161 Å². The van der Waals surface area contributed by atoms with Crippen molar-refractivity contribution in [3.8, 4) is 0 Å². The first-order valence-corrected chi connectivity index (χ1v) is 40.5. The third kappa shape index (κ3) is 24.5. The van der Waals surface area contributed by atoms with Crippen LogP contribution in [0, 0.1) is 34.9 Å². The van der Waals surface area contributed by atoms with Crippen molar-refractivity contribution in [2.45, 2.75) is 185 Å². The number of aromatic nitrogens is 15. The molecule has 3 amide bonds. The average Bonchev–Trinajstić information content (AvgIpc) is 1.49. The number of nitrogens with zero attached hydrogens (tertiary/aromatic N) is 15. The van der Waals surface area contributed by atoms with Gasteiger partial charge in [-0.1, -0.05) is 190 Å². The van der Waals surface area contributed by atoms with Gasteiger partial charge in [0.15, 0.2) is 28.2 Å². The zero-order valence-corrected chi connectivity index (χ0v) is 70.6. The smallest absolute Gasteiger partial charge is 0.252 e. The maximum atomic E-state index is 13.0. The monoisotopic (exact) mass is 1650 g/mol. The summed E-state index contributed by atoms with van der Waals surface area (Å²) in [5.74, 6) is 4.18. The molecule has 5 N–H and O–H groups in total. The summed E-state index contributed by atoms with van der Waals surface area (Å²) in [4.78, 5) is 81.3. The van der Waals surface area contributed by atoms with Crippen LogP contribution >= 0.6 is 58.0 Å². The number of anilines is 5.